The second-order valence-electron chi connectivity index (χ2n) is 5.03. The van der Waals surface area contributed by atoms with Crippen LogP contribution in [-0.2, 0) is 9.53 Å². The number of rotatable bonds is 4. The molecule has 1 atom stereocenters. The van der Waals surface area contributed by atoms with E-state index in [4.69, 9.17) is 4.74 Å². The Kier molecular flexibility index (Phi) is 5.50. The Bertz CT molecular complexity index is 748. The van der Waals surface area contributed by atoms with Crippen LogP contribution in [0, 0.1) is 12.7 Å². The number of aryl methyl sites for hydroxylation is 1. The number of ether oxygens (including phenoxy) is 1. The van der Waals surface area contributed by atoms with Crippen LogP contribution < -0.4 is 5.32 Å². The minimum absolute atomic E-state index is 0.219. The van der Waals surface area contributed by atoms with Gasteiger partial charge in [0.2, 0.25) is 0 Å². The van der Waals surface area contributed by atoms with E-state index in [1.54, 1.807) is 18.2 Å². The molecule has 0 aliphatic heterocycles. The molecular formula is C17H15BrFNO3. The van der Waals surface area contributed by atoms with Crippen molar-refractivity contribution in [2.75, 3.05) is 5.32 Å². The number of carbonyl (C=O) groups is 2. The molecule has 1 amide bonds. The highest BCUT2D eigenvalue weighted by molar-refractivity contribution is 9.10. The summed E-state index contributed by atoms with van der Waals surface area (Å²) in [5.74, 6) is -2.08. The first-order valence-electron chi connectivity index (χ1n) is 6.90. The van der Waals surface area contributed by atoms with Gasteiger partial charge in [0.05, 0.1) is 5.56 Å². The smallest absolute Gasteiger partial charge is 0.341 e. The Balaban J connectivity index is 2.01. The monoisotopic (exact) mass is 379 g/mol. The Morgan fingerprint density at radius 2 is 1.96 bits per heavy atom. The van der Waals surface area contributed by atoms with Crippen LogP contribution >= 0.6 is 15.9 Å². The number of amides is 1. The lowest BCUT2D eigenvalue weighted by atomic mass is 10.2. The molecule has 0 aromatic heterocycles. The van der Waals surface area contributed by atoms with Gasteiger partial charge in [0.15, 0.2) is 6.10 Å². The van der Waals surface area contributed by atoms with E-state index >= 15 is 0 Å². The summed E-state index contributed by atoms with van der Waals surface area (Å²) in [6, 6.07) is 11.2. The number of hydrogen-bond acceptors (Lipinski definition) is 3. The van der Waals surface area contributed by atoms with E-state index in [0.717, 1.165) is 11.6 Å². The van der Waals surface area contributed by atoms with Crippen LogP contribution in [0.25, 0.3) is 0 Å². The predicted octanol–water partition coefficient (Wildman–Crippen LogP) is 4.08. The Morgan fingerprint density at radius 1 is 1.22 bits per heavy atom. The molecule has 0 unspecified atom stereocenters. The molecule has 0 fully saturated rings. The number of esters is 1. The highest BCUT2D eigenvalue weighted by Crippen LogP contribution is 2.17. The molecule has 0 heterocycles. The lowest BCUT2D eigenvalue weighted by Crippen LogP contribution is -2.30. The van der Waals surface area contributed by atoms with Crippen LogP contribution in [0.1, 0.15) is 22.8 Å². The maximum Gasteiger partial charge on any atom is 0.341 e. The first kappa shape index (κ1) is 17.1. The molecule has 120 valence electrons. The van der Waals surface area contributed by atoms with Crippen molar-refractivity contribution in [1.82, 2.24) is 0 Å². The summed E-state index contributed by atoms with van der Waals surface area (Å²) < 4.78 is 19.2. The fraction of sp³-hybridized carbons (Fsp3) is 0.176. The second-order valence-corrected chi connectivity index (χ2v) is 5.95. The molecule has 2 rings (SSSR count). The van der Waals surface area contributed by atoms with E-state index in [1.165, 1.54) is 19.1 Å². The van der Waals surface area contributed by atoms with E-state index in [-0.39, 0.29) is 5.56 Å². The highest BCUT2D eigenvalue weighted by Gasteiger charge is 2.21. The van der Waals surface area contributed by atoms with Gasteiger partial charge < -0.3 is 10.1 Å². The van der Waals surface area contributed by atoms with Gasteiger partial charge in [-0.3, -0.25) is 4.79 Å². The maximum atomic E-state index is 13.7. The molecule has 0 aliphatic carbocycles. The van der Waals surface area contributed by atoms with Gasteiger partial charge in [-0.15, -0.1) is 0 Å². The molecule has 1 N–H and O–H groups in total. The van der Waals surface area contributed by atoms with Gasteiger partial charge in [-0.25, -0.2) is 9.18 Å². The van der Waals surface area contributed by atoms with Crippen molar-refractivity contribution in [1.29, 1.82) is 0 Å². The fourth-order valence-electron chi connectivity index (χ4n) is 1.90. The van der Waals surface area contributed by atoms with Crippen molar-refractivity contribution < 1.29 is 18.7 Å². The van der Waals surface area contributed by atoms with Crippen molar-refractivity contribution in [3.8, 4) is 0 Å². The van der Waals surface area contributed by atoms with Gasteiger partial charge in [-0.05, 0) is 49.7 Å². The molecule has 0 bridgehead atoms. The van der Waals surface area contributed by atoms with E-state index in [0.29, 0.717) is 10.2 Å². The Morgan fingerprint density at radius 3 is 2.61 bits per heavy atom. The minimum Gasteiger partial charge on any atom is -0.449 e. The molecule has 4 nitrogen and oxygen atoms in total. The Labute approximate surface area is 141 Å². The molecule has 0 saturated carbocycles. The van der Waals surface area contributed by atoms with Crippen LogP contribution in [0.4, 0.5) is 10.1 Å². The normalized spacial score (nSPS) is 11.7. The van der Waals surface area contributed by atoms with Crippen molar-refractivity contribution in [3.63, 3.8) is 0 Å². The molecule has 0 spiro atoms. The molecule has 2 aromatic rings. The van der Waals surface area contributed by atoms with E-state index in [9.17, 15) is 14.0 Å². The molecule has 0 aliphatic rings. The van der Waals surface area contributed by atoms with Crippen molar-refractivity contribution >= 4 is 33.5 Å². The zero-order valence-electron chi connectivity index (χ0n) is 12.6. The van der Waals surface area contributed by atoms with Gasteiger partial charge in [0.1, 0.15) is 5.82 Å². The maximum absolute atomic E-state index is 13.7. The quantitative estimate of drug-likeness (QED) is 0.814. The number of hydrogen-bond donors (Lipinski definition) is 1. The van der Waals surface area contributed by atoms with Gasteiger partial charge in [0, 0.05) is 10.2 Å². The molecular weight excluding hydrogens is 365 g/mol. The predicted molar refractivity (Wildman–Crippen MR) is 88.8 cm³/mol. The van der Waals surface area contributed by atoms with Crippen LogP contribution in [0.2, 0.25) is 0 Å². The summed E-state index contributed by atoms with van der Waals surface area (Å²) in [5.41, 5.74) is 1.38. The van der Waals surface area contributed by atoms with Crippen molar-refractivity contribution in [2.45, 2.75) is 20.0 Å². The van der Waals surface area contributed by atoms with Gasteiger partial charge in [0.25, 0.3) is 5.91 Å². The Hall–Kier alpha value is -2.21. The third-order valence-corrected chi connectivity index (χ3v) is 3.58. The minimum atomic E-state index is -1.05. The summed E-state index contributed by atoms with van der Waals surface area (Å²) in [4.78, 5) is 24.0. The lowest BCUT2D eigenvalue weighted by molar-refractivity contribution is -0.123. The molecule has 0 radical (unpaired) electrons. The van der Waals surface area contributed by atoms with Crippen molar-refractivity contribution in [3.05, 3.63) is 63.9 Å². The van der Waals surface area contributed by atoms with Crippen molar-refractivity contribution in [2.24, 2.45) is 0 Å². The van der Waals surface area contributed by atoms with Gasteiger partial charge in [-0.2, -0.15) is 0 Å². The number of halogens is 2. The van der Waals surface area contributed by atoms with E-state index < -0.39 is 23.8 Å². The molecule has 0 saturated heterocycles. The van der Waals surface area contributed by atoms with Gasteiger partial charge in [-0.1, -0.05) is 28.1 Å². The van der Waals surface area contributed by atoms with Gasteiger partial charge >= 0.3 is 5.97 Å². The average molecular weight is 380 g/mol. The number of anilines is 1. The van der Waals surface area contributed by atoms with E-state index in [1.807, 2.05) is 13.0 Å². The topological polar surface area (TPSA) is 55.4 Å². The number of benzene rings is 2. The molecule has 23 heavy (non-hydrogen) atoms. The average Bonchev–Trinajstić information content (AvgIpc) is 2.46. The van der Waals surface area contributed by atoms with Crippen LogP contribution in [0.5, 0.6) is 0 Å². The SMILES string of the molecule is Cc1cccc(NC(=O)[C@H](C)OC(=O)c2ccc(Br)cc2F)c1. The van der Waals surface area contributed by atoms with Crippen LogP contribution in [-0.4, -0.2) is 18.0 Å². The second kappa shape index (κ2) is 7.37. The molecule has 2 aromatic carbocycles. The summed E-state index contributed by atoms with van der Waals surface area (Å²) in [6.45, 7) is 3.33. The first-order valence-corrected chi connectivity index (χ1v) is 7.69. The number of nitrogens with one attached hydrogen (secondary N) is 1. The highest BCUT2D eigenvalue weighted by atomic mass is 79.9. The summed E-state index contributed by atoms with van der Waals surface area (Å²) in [6.07, 6.45) is -1.05. The zero-order chi connectivity index (χ0) is 17.0. The fourth-order valence-corrected chi connectivity index (χ4v) is 2.23. The first-order chi connectivity index (χ1) is 10.9. The summed E-state index contributed by atoms with van der Waals surface area (Å²) in [5, 5.41) is 2.65. The standard InChI is InChI=1S/C17H15BrFNO3/c1-10-4-3-5-13(8-10)20-16(21)11(2)23-17(22)14-7-6-12(18)9-15(14)19/h3-9,11H,1-2H3,(H,20,21)/t11-/m0/s1. The lowest BCUT2D eigenvalue weighted by Gasteiger charge is -2.14. The van der Waals surface area contributed by atoms with Crippen LogP contribution in [0.15, 0.2) is 46.9 Å². The van der Waals surface area contributed by atoms with Crippen LogP contribution in [0.3, 0.4) is 0 Å². The third-order valence-electron chi connectivity index (χ3n) is 3.09. The molecule has 6 heteroatoms. The largest absolute Gasteiger partial charge is 0.449 e. The zero-order valence-corrected chi connectivity index (χ0v) is 14.2. The third kappa shape index (κ3) is 4.63. The summed E-state index contributed by atoms with van der Waals surface area (Å²) in [7, 11) is 0. The number of carbonyl (C=O) groups excluding carboxylic acids is 2. The summed E-state index contributed by atoms with van der Waals surface area (Å²) >= 11 is 3.11. The van der Waals surface area contributed by atoms with E-state index in [2.05, 4.69) is 21.2 Å².